The standard InChI is InChI=1S/C11H13ClN2O3S/c1-11(3-5-18(16,17)7-11)14-10(15)8-2-4-13-6-9(8)12/h2,4,6H,3,5,7H2,1H3,(H,14,15). The van der Waals surface area contributed by atoms with Crippen LogP contribution in [0.1, 0.15) is 23.7 Å². The molecule has 1 fully saturated rings. The first-order chi connectivity index (χ1) is 8.31. The Morgan fingerprint density at radius 2 is 2.28 bits per heavy atom. The van der Waals surface area contributed by atoms with Crippen LogP contribution in [0.4, 0.5) is 0 Å². The summed E-state index contributed by atoms with van der Waals surface area (Å²) in [5.41, 5.74) is -0.417. The molecule has 0 spiro atoms. The van der Waals surface area contributed by atoms with Gasteiger partial charge in [-0.3, -0.25) is 9.78 Å². The average molecular weight is 289 g/mol. The summed E-state index contributed by atoms with van der Waals surface area (Å²) >= 11 is 5.86. The molecule has 0 aliphatic carbocycles. The predicted octanol–water partition coefficient (Wildman–Crippen LogP) is 1.04. The molecule has 1 aliphatic rings. The van der Waals surface area contributed by atoms with E-state index in [-0.39, 0.29) is 22.4 Å². The first-order valence-corrected chi connectivity index (χ1v) is 7.64. The van der Waals surface area contributed by atoms with Gasteiger partial charge in [0.2, 0.25) is 0 Å². The van der Waals surface area contributed by atoms with Crippen LogP contribution in [0.25, 0.3) is 0 Å². The Kier molecular flexibility index (Phi) is 3.33. The smallest absolute Gasteiger partial charge is 0.253 e. The average Bonchev–Trinajstić information content (AvgIpc) is 2.53. The van der Waals surface area contributed by atoms with Crippen molar-refractivity contribution in [2.24, 2.45) is 0 Å². The predicted molar refractivity (Wildman–Crippen MR) is 68.4 cm³/mol. The Hall–Kier alpha value is -1.14. The minimum absolute atomic E-state index is 0.0333. The van der Waals surface area contributed by atoms with Crippen molar-refractivity contribution in [2.45, 2.75) is 18.9 Å². The van der Waals surface area contributed by atoms with Gasteiger partial charge in [-0.2, -0.15) is 0 Å². The Balaban J connectivity index is 2.16. The number of halogens is 1. The van der Waals surface area contributed by atoms with Gasteiger partial charge in [0.05, 0.1) is 27.6 Å². The van der Waals surface area contributed by atoms with E-state index in [0.29, 0.717) is 12.0 Å². The Morgan fingerprint density at radius 1 is 1.56 bits per heavy atom. The highest BCUT2D eigenvalue weighted by Crippen LogP contribution is 2.24. The fraction of sp³-hybridized carbons (Fsp3) is 0.455. The molecule has 1 atom stereocenters. The molecule has 1 aromatic heterocycles. The van der Waals surface area contributed by atoms with E-state index < -0.39 is 15.4 Å². The van der Waals surface area contributed by atoms with E-state index in [1.54, 1.807) is 6.92 Å². The Morgan fingerprint density at radius 3 is 2.83 bits per heavy atom. The molecule has 0 radical (unpaired) electrons. The van der Waals surface area contributed by atoms with Gasteiger partial charge in [0.1, 0.15) is 0 Å². The minimum Gasteiger partial charge on any atom is -0.346 e. The van der Waals surface area contributed by atoms with Gasteiger partial charge < -0.3 is 5.32 Å². The first kappa shape index (κ1) is 13.3. The summed E-state index contributed by atoms with van der Waals surface area (Å²) in [6.07, 6.45) is 3.27. The number of amides is 1. The van der Waals surface area contributed by atoms with Crippen molar-refractivity contribution in [2.75, 3.05) is 11.5 Å². The number of nitrogens with one attached hydrogen (secondary N) is 1. The lowest BCUT2D eigenvalue weighted by atomic mass is 10.0. The van der Waals surface area contributed by atoms with E-state index in [1.807, 2.05) is 0 Å². The first-order valence-electron chi connectivity index (χ1n) is 5.44. The molecule has 5 nitrogen and oxygen atoms in total. The van der Waals surface area contributed by atoms with E-state index in [1.165, 1.54) is 18.5 Å². The summed E-state index contributed by atoms with van der Waals surface area (Å²) in [6, 6.07) is 1.50. The molecule has 1 amide bonds. The number of hydrogen-bond acceptors (Lipinski definition) is 4. The topological polar surface area (TPSA) is 76.1 Å². The third kappa shape index (κ3) is 2.81. The van der Waals surface area contributed by atoms with Gasteiger partial charge in [-0.15, -0.1) is 0 Å². The quantitative estimate of drug-likeness (QED) is 0.882. The highest BCUT2D eigenvalue weighted by Gasteiger charge is 2.39. The second kappa shape index (κ2) is 4.51. The molecule has 0 saturated carbocycles. The molecule has 1 aliphatic heterocycles. The van der Waals surface area contributed by atoms with E-state index in [4.69, 9.17) is 11.6 Å². The molecule has 1 aromatic rings. The molecule has 1 N–H and O–H groups in total. The van der Waals surface area contributed by atoms with Crippen LogP contribution >= 0.6 is 11.6 Å². The van der Waals surface area contributed by atoms with Crippen molar-refractivity contribution in [3.63, 3.8) is 0 Å². The lowest BCUT2D eigenvalue weighted by Gasteiger charge is -2.24. The van der Waals surface area contributed by atoms with Crippen LogP contribution in [0.15, 0.2) is 18.5 Å². The van der Waals surface area contributed by atoms with Crippen molar-refractivity contribution in [1.82, 2.24) is 10.3 Å². The maximum Gasteiger partial charge on any atom is 0.253 e. The number of carbonyl (C=O) groups excluding carboxylic acids is 1. The Bertz CT molecular complexity index is 588. The highest BCUT2D eigenvalue weighted by molar-refractivity contribution is 7.91. The summed E-state index contributed by atoms with van der Waals surface area (Å²) in [5.74, 6) is -0.301. The van der Waals surface area contributed by atoms with Crippen molar-refractivity contribution in [3.05, 3.63) is 29.0 Å². The summed E-state index contributed by atoms with van der Waals surface area (Å²) < 4.78 is 22.9. The van der Waals surface area contributed by atoms with Crippen LogP contribution in [0.5, 0.6) is 0 Å². The monoisotopic (exact) mass is 288 g/mol. The fourth-order valence-corrected chi connectivity index (χ4v) is 4.31. The van der Waals surface area contributed by atoms with Crippen molar-refractivity contribution in [3.8, 4) is 0 Å². The molecule has 18 heavy (non-hydrogen) atoms. The summed E-state index contributed by atoms with van der Waals surface area (Å²) in [7, 11) is -3.05. The van der Waals surface area contributed by atoms with Gasteiger partial charge in [0.15, 0.2) is 9.84 Å². The van der Waals surface area contributed by atoms with Crippen molar-refractivity contribution < 1.29 is 13.2 Å². The summed E-state index contributed by atoms with van der Waals surface area (Å²) in [6.45, 7) is 1.73. The number of rotatable bonds is 2. The fourth-order valence-electron chi connectivity index (χ4n) is 2.01. The van der Waals surface area contributed by atoms with Gasteiger partial charge >= 0.3 is 0 Å². The molecular weight excluding hydrogens is 276 g/mol. The highest BCUT2D eigenvalue weighted by atomic mass is 35.5. The molecule has 98 valence electrons. The zero-order valence-corrected chi connectivity index (χ0v) is 11.4. The number of sulfone groups is 1. The molecule has 2 heterocycles. The van der Waals surface area contributed by atoms with E-state index in [9.17, 15) is 13.2 Å². The molecule has 1 unspecified atom stereocenters. The van der Waals surface area contributed by atoms with Gasteiger partial charge in [0.25, 0.3) is 5.91 Å². The van der Waals surface area contributed by atoms with Crippen molar-refractivity contribution >= 4 is 27.3 Å². The second-order valence-corrected chi connectivity index (χ2v) is 7.30. The largest absolute Gasteiger partial charge is 0.346 e. The zero-order valence-electron chi connectivity index (χ0n) is 9.81. The maximum absolute atomic E-state index is 12.0. The molecule has 2 rings (SSSR count). The van der Waals surface area contributed by atoms with E-state index >= 15 is 0 Å². The lowest BCUT2D eigenvalue weighted by molar-refractivity contribution is 0.0915. The molecule has 0 bridgehead atoms. The van der Waals surface area contributed by atoms with Crippen LogP contribution in [0.3, 0.4) is 0 Å². The van der Waals surface area contributed by atoms with Gasteiger partial charge in [0, 0.05) is 12.4 Å². The van der Waals surface area contributed by atoms with Gasteiger partial charge in [-0.1, -0.05) is 11.6 Å². The van der Waals surface area contributed by atoms with E-state index in [0.717, 1.165) is 0 Å². The zero-order chi connectivity index (χ0) is 13.4. The van der Waals surface area contributed by atoms with Crippen LogP contribution < -0.4 is 5.32 Å². The molecule has 7 heteroatoms. The number of hydrogen-bond donors (Lipinski definition) is 1. The summed E-state index contributed by atoms with van der Waals surface area (Å²) in [5, 5.41) is 2.99. The van der Waals surface area contributed by atoms with Crippen LogP contribution in [-0.4, -0.2) is 36.4 Å². The van der Waals surface area contributed by atoms with Crippen LogP contribution in [0, 0.1) is 0 Å². The van der Waals surface area contributed by atoms with E-state index in [2.05, 4.69) is 10.3 Å². The van der Waals surface area contributed by atoms with Crippen LogP contribution in [-0.2, 0) is 9.84 Å². The SMILES string of the molecule is CC1(NC(=O)c2ccncc2Cl)CCS(=O)(=O)C1. The van der Waals surface area contributed by atoms with Crippen molar-refractivity contribution in [1.29, 1.82) is 0 Å². The minimum atomic E-state index is -3.05. The third-order valence-electron chi connectivity index (χ3n) is 2.94. The summed E-state index contributed by atoms with van der Waals surface area (Å²) in [4.78, 5) is 15.8. The molecular formula is C11H13ClN2O3S. The number of pyridine rings is 1. The van der Waals surface area contributed by atoms with Gasteiger partial charge in [-0.05, 0) is 19.4 Å². The normalized spacial score (nSPS) is 25.9. The Labute approximate surface area is 110 Å². The maximum atomic E-state index is 12.0. The van der Waals surface area contributed by atoms with Gasteiger partial charge in [-0.25, -0.2) is 8.42 Å². The van der Waals surface area contributed by atoms with Crippen LogP contribution in [0.2, 0.25) is 5.02 Å². The lowest BCUT2D eigenvalue weighted by Crippen LogP contribution is -2.47. The number of aromatic nitrogens is 1. The number of nitrogens with zero attached hydrogens (tertiary/aromatic N) is 1. The second-order valence-electron chi connectivity index (χ2n) is 4.71. The number of carbonyl (C=O) groups is 1. The molecule has 1 saturated heterocycles. The molecule has 0 aromatic carbocycles. The third-order valence-corrected chi connectivity index (χ3v) is 5.14.